The van der Waals surface area contributed by atoms with Crippen LogP contribution in [0.1, 0.15) is 31.1 Å². The molecule has 1 aliphatic rings. The van der Waals surface area contributed by atoms with Gasteiger partial charge in [0.1, 0.15) is 0 Å². The molecule has 5 nitrogen and oxygen atoms in total. The Morgan fingerprint density at radius 1 is 1.45 bits per heavy atom. The van der Waals surface area contributed by atoms with Crippen LogP contribution < -0.4 is 5.32 Å². The van der Waals surface area contributed by atoms with E-state index in [0.717, 1.165) is 0 Å². The van der Waals surface area contributed by atoms with E-state index in [4.69, 9.17) is 4.74 Å². The van der Waals surface area contributed by atoms with Gasteiger partial charge in [-0.25, -0.2) is 0 Å². The van der Waals surface area contributed by atoms with Gasteiger partial charge in [-0.1, -0.05) is 12.6 Å². The number of carbonyl (C=O) groups excluding carboxylic acids is 2. The topological polar surface area (TPSA) is 58.6 Å². The first-order chi connectivity index (χ1) is 10.3. The number of carbonyl (C=O) groups is 2. The number of nitrogens with zero attached hydrogens (tertiary/aromatic N) is 1. The molecule has 0 aromatic heterocycles. The number of amides is 2. The SMILES string of the molecule is C=CC(=O)Nc1cccc(C(=O)N2CC(C)(C)OC[C@@H]2C)c1. The van der Waals surface area contributed by atoms with Gasteiger partial charge in [0, 0.05) is 17.8 Å². The van der Waals surface area contributed by atoms with Gasteiger partial charge >= 0.3 is 0 Å². The number of hydrogen-bond donors (Lipinski definition) is 1. The summed E-state index contributed by atoms with van der Waals surface area (Å²) in [5.41, 5.74) is 0.777. The zero-order chi connectivity index (χ0) is 16.3. The van der Waals surface area contributed by atoms with Crippen molar-refractivity contribution in [2.24, 2.45) is 0 Å². The maximum atomic E-state index is 12.7. The van der Waals surface area contributed by atoms with Crippen LogP contribution in [0.15, 0.2) is 36.9 Å². The maximum Gasteiger partial charge on any atom is 0.254 e. The van der Waals surface area contributed by atoms with Gasteiger partial charge in [-0.15, -0.1) is 0 Å². The van der Waals surface area contributed by atoms with Gasteiger partial charge in [0.25, 0.3) is 5.91 Å². The predicted octanol–water partition coefficient (Wildman–Crippen LogP) is 2.45. The summed E-state index contributed by atoms with van der Waals surface area (Å²) in [6.45, 7) is 10.4. The molecule has 5 heteroatoms. The standard InChI is InChI=1S/C17H22N2O3/c1-5-15(20)18-14-8-6-7-13(9-14)16(21)19-11-17(3,4)22-10-12(19)2/h5-9,12H,1,10-11H2,2-4H3,(H,18,20)/t12-/m0/s1. The van der Waals surface area contributed by atoms with Crippen LogP contribution in [-0.4, -0.2) is 41.5 Å². The van der Waals surface area contributed by atoms with Crippen molar-refractivity contribution in [3.05, 3.63) is 42.5 Å². The van der Waals surface area contributed by atoms with Crippen LogP contribution in [0, 0.1) is 0 Å². The Morgan fingerprint density at radius 2 is 2.18 bits per heavy atom. The van der Waals surface area contributed by atoms with Crippen molar-refractivity contribution in [2.75, 3.05) is 18.5 Å². The summed E-state index contributed by atoms with van der Waals surface area (Å²) in [5.74, 6) is -0.357. The Bertz CT molecular complexity index is 595. The normalized spacial score (nSPS) is 20.3. The van der Waals surface area contributed by atoms with Gasteiger partial charge < -0.3 is 15.0 Å². The summed E-state index contributed by atoms with van der Waals surface area (Å²) in [7, 11) is 0. The van der Waals surface area contributed by atoms with Gasteiger partial charge in [-0.3, -0.25) is 9.59 Å². The van der Waals surface area contributed by atoms with E-state index in [1.54, 1.807) is 24.3 Å². The van der Waals surface area contributed by atoms with Crippen LogP contribution in [0.3, 0.4) is 0 Å². The molecule has 118 valence electrons. The molecule has 0 spiro atoms. The average Bonchev–Trinajstić information content (AvgIpc) is 2.49. The highest BCUT2D eigenvalue weighted by Crippen LogP contribution is 2.23. The third-order valence-corrected chi connectivity index (χ3v) is 3.62. The van der Waals surface area contributed by atoms with Crippen LogP contribution >= 0.6 is 0 Å². The molecule has 2 rings (SSSR count). The smallest absolute Gasteiger partial charge is 0.254 e. The predicted molar refractivity (Wildman–Crippen MR) is 85.8 cm³/mol. The second-order valence-electron chi connectivity index (χ2n) is 6.13. The molecular weight excluding hydrogens is 280 g/mol. The molecule has 1 aromatic rings. The highest BCUT2D eigenvalue weighted by atomic mass is 16.5. The van der Waals surface area contributed by atoms with Gasteiger partial charge in [0.2, 0.25) is 5.91 Å². The molecule has 1 saturated heterocycles. The molecule has 0 aliphatic carbocycles. The lowest BCUT2D eigenvalue weighted by Crippen LogP contribution is -2.55. The van der Waals surface area contributed by atoms with E-state index >= 15 is 0 Å². The average molecular weight is 302 g/mol. The zero-order valence-electron chi connectivity index (χ0n) is 13.3. The quantitative estimate of drug-likeness (QED) is 0.873. The van der Waals surface area contributed by atoms with Crippen molar-refractivity contribution in [3.8, 4) is 0 Å². The number of ether oxygens (including phenoxy) is 1. The fourth-order valence-electron chi connectivity index (χ4n) is 2.41. The van der Waals surface area contributed by atoms with E-state index in [9.17, 15) is 9.59 Å². The molecule has 22 heavy (non-hydrogen) atoms. The first-order valence-electron chi connectivity index (χ1n) is 7.31. The van der Waals surface area contributed by atoms with Crippen molar-refractivity contribution >= 4 is 17.5 Å². The van der Waals surface area contributed by atoms with Gasteiger partial charge in [0.05, 0.1) is 18.2 Å². The third kappa shape index (κ3) is 3.74. The summed E-state index contributed by atoms with van der Waals surface area (Å²) in [6, 6.07) is 6.94. The van der Waals surface area contributed by atoms with Crippen LogP contribution in [0.5, 0.6) is 0 Å². The number of hydrogen-bond acceptors (Lipinski definition) is 3. The van der Waals surface area contributed by atoms with Crippen molar-refractivity contribution in [2.45, 2.75) is 32.4 Å². The summed E-state index contributed by atoms with van der Waals surface area (Å²) in [4.78, 5) is 25.9. The van der Waals surface area contributed by atoms with E-state index in [2.05, 4.69) is 11.9 Å². The third-order valence-electron chi connectivity index (χ3n) is 3.62. The Hall–Kier alpha value is -2.14. The van der Waals surface area contributed by atoms with Crippen LogP contribution in [0.4, 0.5) is 5.69 Å². The highest BCUT2D eigenvalue weighted by Gasteiger charge is 2.34. The Morgan fingerprint density at radius 3 is 2.86 bits per heavy atom. The van der Waals surface area contributed by atoms with Crippen molar-refractivity contribution in [3.63, 3.8) is 0 Å². The summed E-state index contributed by atoms with van der Waals surface area (Å²) in [6.07, 6.45) is 1.20. The molecule has 1 aromatic carbocycles. The Kier molecular flexibility index (Phi) is 4.66. The van der Waals surface area contributed by atoms with Gasteiger partial charge in [-0.05, 0) is 45.0 Å². The van der Waals surface area contributed by atoms with Crippen LogP contribution in [0.25, 0.3) is 0 Å². The fraction of sp³-hybridized carbons (Fsp3) is 0.412. The number of rotatable bonds is 3. The second-order valence-corrected chi connectivity index (χ2v) is 6.13. The Labute approximate surface area is 130 Å². The molecule has 2 amide bonds. The summed E-state index contributed by atoms with van der Waals surface area (Å²) >= 11 is 0. The fourth-order valence-corrected chi connectivity index (χ4v) is 2.41. The molecular formula is C17H22N2O3. The van der Waals surface area contributed by atoms with Crippen molar-refractivity contribution in [1.29, 1.82) is 0 Å². The largest absolute Gasteiger partial charge is 0.372 e. The lowest BCUT2D eigenvalue weighted by molar-refractivity contribution is -0.111. The minimum atomic E-state index is -0.350. The van der Waals surface area contributed by atoms with Crippen molar-refractivity contribution < 1.29 is 14.3 Å². The molecule has 0 radical (unpaired) electrons. The Balaban J connectivity index is 2.19. The van der Waals surface area contributed by atoms with Gasteiger partial charge in [0.15, 0.2) is 0 Å². The van der Waals surface area contributed by atoms with Crippen LogP contribution in [-0.2, 0) is 9.53 Å². The summed E-state index contributed by atoms with van der Waals surface area (Å²) < 4.78 is 5.72. The van der Waals surface area contributed by atoms with E-state index in [1.165, 1.54) is 6.08 Å². The van der Waals surface area contributed by atoms with E-state index in [-0.39, 0.29) is 23.5 Å². The first kappa shape index (κ1) is 16.2. The van der Waals surface area contributed by atoms with Gasteiger partial charge in [-0.2, -0.15) is 0 Å². The molecule has 0 unspecified atom stereocenters. The number of anilines is 1. The molecule has 1 heterocycles. The van der Waals surface area contributed by atoms with E-state index < -0.39 is 0 Å². The molecule has 1 fully saturated rings. The monoisotopic (exact) mass is 302 g/mol. The molecule has 1 N–H and O–H groups in total. The second kappa shape index (κ2) is 6.32. The number of benzene rings is 1. The number of nitrogens with one attached hydrogen (secondary N) is 1. The highest BCUT2D eigenvalue weighted by molar-refractivity contribution is 6.00. The van der Waals surface area contributed by atoms with E-state index in [0.29, 0.717) is 24.4 Å². The minimum absolute atomic E-state index is 0.0203. The molecule has 1 atom stereocenters. The zero-order valence-corrected chi connectivity index (χ0v) is 13.3. The number of morpholine rings is 1. The lowest BCUT2D eigenvalue weighted by Gasteiger charge is -2.42. The minimum Gasteiger partial charge on any atom is -0.372 e. The molecule has 0 bridgehead atoms. The van der Waals surface area contributed by atoms with Crippen molar-refractivity contribution in [1.82, 2.24) is 4.90 Å². The summed E-state index contributed by atoms with van der Waals surface area (Å²) in [5, 5.41) is 2.66. The lowest BCUT2D eigenvalue weighted by atomic mass is 10.0. The molecule has 1 aliphatic heterocycles. The molecule has 0 saturated carbocycles. The van der Waals surface area contributed by atoms with Crippen LogP contribution in [0.2, 0.25) is 0 Å². The van der Waals surface area contributed by atoms with E-state index in [1.807, 2.05) is 25.7 Å². The maximum absolute atomic E-state index is 12.7. The first-order valence-corrected chi connectivity index (χ1v) is 7.31.